The maximum Gasteiger partial charge on any atom is 0.181 e. The number of rotatable bonds is 5. The van der Waals surface area contributed by atoms with E-state index in [1.165, 1.54) is 11.3 Å². The highest BCUT2D eigenvalue weighted by atomic mass is 35.5. The second kappa shape index (κ2) is 6.48. The molecule has 21 heavy (non-hydrogen) atoms. The van der Waals surface area contributed by atoms with E-state index >= 15 is 0 Å². The SMILES string of the molecule is CN(Cc1cnoc1-c1ccc(Cl)s1)CC1CCCC1O. The third-order valence-corrected chi connectivity index (χ3v) is 5.28. The van der Waals surface area contributed by atoms with Gasteiger partial charge in [0.15, 0.2) is 5.76 Å². The van der Waals surface area contributed by atoms with E-state index in [0.717, 1.165) is 52.9 Å². The molecule has 0 bridgehead atoms. The Balaban J connectivity index is 1.66. The topological polar surface area (TPSA) is 49.5 Å². The molecule has 0 radical (unpaired) electrons. The lowest BCUT2D eigenvalue weighted by molar-refractivity contribution is 0.108. The van der Waals surface area contributed by atoms with Gasteiger partial charge in [-0.25, -0.2) is 0 Å². The fourth-order valence-corrected chi connectivity index (χ4v) is 4.05. The molecule has 3 rings (SSSR count). The van der Waals surface area contributed by atoms with Gasteiger partial charge in [-0.05, 0) is 37.9 Å². The van der Waals surface area contributed by atoms with Gasteiger partial charge >= 0.3 is 0 Å². The first kappa shape index (κ1) is 15.0. The molecular formula is C15H19ClN2O2S. The van der Waals surface area contributed by atoms with Gasteiger partial charge in [0.2, 0.25) is 0 Å². The van der Waals surface area contributed by atoms with Crippen molar-refractivity contribution in [2.45, 2.75) is 31.9 Å². The summed E-state index contributed by atoms with van der Waals surface area (Å²) < 4.78 is 6.13. The van der Waals surface area contributed by atoms with Gasteiger partial charge < -0.3 is 14.5 Å². The van der Waals surface area contributed by atoms with Crippen LogP contribution in [-0.4, -0.2) is 34.9 Å². The quantitative estimate of drug-likeness (QED) is 0.911. The first-order valence-electron chi connectivity index (χ1n) is 7.19. The number of aromatic nitrogens is 1. The molecule has 0 aliphatic heterocycles. The van der Waals surface area contributed by atoms with Gasteiger partial charge in [0, 0.05) is 18.7 Å². The second-order valence-corrected chi connectivity index (χ2v) is 7.45. The summed E-state index contributed by atoms with van der Waals surface area (Å²) in [4.78, 5) is 3.23. The minimum atomic E-state index is -0.148. The van der Waals surface area contributed by atoms with Crippen molar-refractivity contribution in [3.63, 3.8) is 0 Å². The monoisotopic (exact) mass is 326 g/mol. The number of hydrogen-bond acceptors (Lipinski definition) is 5. The molecule has 1 fully saturated rings. The molecule has 114 valence electrons. The number of aliphatic hydroxyl groups excluding tert-OH is 1. The predicted octanol–water partition coefficient (Wildman–Crippen LogP) is 3.65. The summed E-state index contributed by atoms with van der Waals surface area (Å²) in [5.41, 5.74) is 1.06. The lowest BCUT2D eigenvalue weighted by Crippen LogP contribution is -2.29. The molecule has 1 aliphatic rings. The number of thiophene rings is 1. The highest BCUT2D eigenvalue weighted by Crippen LogP contribution is 2.34. The minimum Gasteiger partial charge on any atom is -0.393 e. The van der Waals surface area contributed by atoms with Crippen molar-refractivity contribution >= 4 is 22.9 Å². The summed E-state index contributed by atoms with van der Waals surface area (Å²) in [6.07, 6.45) is 4.80. The van der Waals surface area contributed by atoms with Crippen LogP contribution in [0, 0.1) is 5.92 Å². The Morgan fingerprint density at radius 2 is 2.33 bits per heavy atom. The van der Waals surface area contributed by atoms with Gasteiger partial charge in [0.25, 0.3) is 0 Å². The van der Waals surface area contributed by atoms with E-state index in [1.807, 2.05) is 12.1 Å². The van der Waals surface area contributed by atoms with E-state index in [-0.39, 0.29) is 6.10 Å². The van der Waals surface area contributed by atoms with Crippen molar-refractivity contribution in [3.05, 3.63) is 28.2 Å². The standard InChI is InChI=1S/C15H19ClN2O2S/c1-18(8-10-3-2-4-12(10)19)9-11-7-17-20-15(11)13-5-6-14(16)21-13/h5-7,10,12,19H,2-4,8-9H2,1H3. The highest BCUT2D eigenvalue weighted by molar-refractivity contribution is 7.19. The normalized spacial score (nSPS) is 22.3. The van der Waals surface area contributed by atoms with Crippen LogP contribution in [0.5, 0.6) is 0 Å². The molecule has 6 heteroatoms. The fourth-order valence-electron chi connectivity index (χ4n) is 3.00. The Hall–Kier alpha value is -0.880. The minimum absolute atomic E-state index is 0.148. The maximum absolute atomic E-state index is 9.93. The zero-order valence-corrected chi connectivity index (χ0v) is 13.5. The Kier molecular flexibility index (Phi) is 4.64. The number of aliphatic hydroxyl groups is 1. The lowest BCUT2D eigenvalue weighted by atomic mass is 10.1. The van der Waals surface area contributed by atoms with Crippen LogP contribution in [0.2, 0.25) is 4.34 Å². The van der Waals surface area contributed by atoms with Crippen LogP contribution >= 0.6 is 22.9 Å². The second-order valence-electron chi connectivity index (χ2n) is 5.74. The maximum atomic E-state index is 9.93. The van der Waals surface area contributed by atoms with E-state index < -0.39 is 0 Å². The number of nitrogens with zero attached hydrogens (tertiary/aromatic N) is 2. The fraction of sp³-hybridized carbons (Fsp3) is 0.533. The molecule has 2 heterocycles. The average Bonchev–Trinajstić information content (AvgIpc) is 3.13. The summed E-state index contributed by atoms with van der Waals surface area (Å²) in [7, 11) is 2.07. The van der Waals surface area contributed by atoms with Crippen molar-refractivity contribution in [3.8, 4) is 10.6 Å². The molecule has 2 unspecified atom stereocenters. The van der Waals surface area contributed by atoms with Crippen LogP contribution in [0.3, 0.4) is 0 Å². The molecule has 0 saturated heterocycles. The molecule has 0 amide bonds. The molecule has 4 nitrogen and oxygen atoms in total. The van der Waals surface area contributed by atoms with E-state index in [9.17, 15) is 5.11 Å². The molecule has 1 N–H and O–H groups in total. The molecule has 1 saturated carbocycles. The van der Waals surface area contributed by atoms with Gasteiger partial charge in [-0.3, -0.25) is 0 Å². The first-order valence-corrected chi connectivity index (χ1v) is 8.39. The van der Waals surface area contributed by atoms with Crippen LogP contribution < -0.4 is 0 Å². The lowest BCUT2D eigenvalue weighted by Gasteiger charge is -2.22. The molecule has 1 aliphatic carbocycles. The van der Waals surface area contributed by atoms with Crippen LogP contribution in [0.15, 0.2) is 22.9 Å². The number of hydrogen-bond donors (Lipinski definition) is 1. The van der Waals surface area contributed by atoms with Gasteiger partial charge in [0.1, 0.15) is 0 Å². The molecular weight excluding hydrogens is 308 g/mol. The summed E-state index contributed by atoms with van der Waals surface area (Å²) in [6, 6.07) is 3.82. The average molecular weight is 327 g/mol. The first-order chi connectivity index (χ1) is 10.1. The summed E-state index contributed by atoms with van der Waals surface area (Å²) in [5, 5.41) is 13.8. The Morgan fingerprint density at radius 3 is 3.00 bits per heavy atom. The molecule has 0 spiro atoms. The predicted molar refractivity (Wildman–Crippen MR) is 84.5 cm³/mol. The van der Waals surface area contributed by atoms with E-state index in [1.54, 1.807) is 6.20 Å². The Morgan fingerprint density at radius 1 is 1.48 bits per heavy atom. The van der Waals surface area contributed by atoms with E-state index in [2.05, 4.69) is 17.1 Å². The summed E-state index contributed by atoms with van der Waals surface area (Å²) >= 11 is 7.48. The van der Waals surface area contributed by atoms with E-state index in [4.69, 9.17) is 16.1 Å². The van der Waals surface area contributed by atoms with E-state index in [0.29, 0.717) is 5.92 Å². The zero-order chi connectivity index (χ0) is 14.8. The van der Waals surface area contributed by atoms with Crippen LogP contribution in [0.25, 0.3) is 10.6 Å². The number of halogens is 1. The van der Waals surface area contributed by atoms with Crippen molar-refractivity contribution in [2.24, 2.45) is 5.92 Å². The van der Waals surface area contributed by atoms with Gasteiger partial charge in [-0.1, -0.05) is 23.2 Å². The highest BCUT2D eigenvalue weighted by Gasteiger charge is 2.26. The summed E-state index contributed by atoms with van der Waals surface area (Å²) in [5.74, 6) is 1.18. The van der Waals surface area contributed by atoms with Crippen LogP contribution in [-0.2, 0) is 6.54 Å². The largest absolute Gasteiger partial charge is 0.393 e. The van der Waals surface area contributed by atoms with Gasteiger partial charge in [0.05, 0.1) is 21.5 Å². The third-order valence-electron chi connectivity index (χ3n) is 4.05. The molecule has 2 aromatic heterocycles. The zero-order valence-electron chi connectivity index (χ0n) is 12.0. The van der Waals surface area contributed by atoms with Gasteiger partial charge in [-0.15, -0.1) is 11.3 Å². The smallest absolute Gasteiger partial charge is 0.181 e. The Bertz CT molecular complexity index is 598. The van der Waals surface area contributed by atoms with Gasteiger partial charge in [-0.2, -0.15) is 0 Å². The third kappa shape index (κ3) is 3.48. The molecule has 2 aromatic rings. The van der Waals surface area contributed by atoms with Crippen molar-refractivity contribution in [2.75, 3.05) is 13.6 Å². The van der Waals surface area contributed by atoms with Crippen LogP contribution in [0.4, 0.5) is 0 Å². The van der Waals surface area contributed by atoms with Crippen molar-refractivity contribution in [1.82, 2.24) is 10.1 Å². The van der Waals surface area contributed by atoms with Crippen molar-refractivity contribution in [1.29, 1.82) is 0 Å². The van der Waals surface area contributed by atoms with Crippen molar-refractivity contribution < 1.29 is 9.63 Å². The summed E-state index contributed by atoms with van der Waals surface area (Å²) in [6.45, 7) is 1.66. The Labute approximate surface area is 133 Å². The molecule has 0 aromatic carbocycles. The molecule has 2 atom stereocenters. The van der Waals surface area contributed by atoms with Crippen LogP contribution in [0.1, 0.15) is 24.8 Å².